The number of carbonyl (C=O) groups is 1. The van der Waals surface area contributed by atoms with E-state index >= 15 is 0 Å². The number of halogens is 1. The zero-order valence-corrected chi connectivity index (χ0v) is 6.26. The minimum atomic E-state index is -1.45. The minimum absolute atomic E-state index is 0.190. The van der Waals surface area contributed by atoms with Crippen molar-refractivity contribution in [2.75, 3.05) is 20.2 Å². The standard InChI is InChI=1S/C6H11FN2O2/c1-11-9-6(10)5(7)4-2-8-3-4/h4-5,8H,2-3H2,1H3,(H,9,10). The first-order valence-corrected chi connectivity index (χ1v) is 3.43. The van der Waals surface area contributed by atoms with Gasteiger partial charge >= 0.3 is 0 Å². The van der Waals surface area contributed by atoms with E-state index in [2.05, 4.69) is 10.2 Å². The lowest BCUT2D eigenvalue weighted by atomic mass is 9.97. The zero-order chi connectivity index (χ0) is 8.27. The highest BCUT2D eigenvalue weighted by Gasteiger charge is 2.32. The van der Waals surface area contributed by atoms with Crippen LogP contribution in [0.4, 0.5) is 4.39 Å². The van der Waals surface area contributed by atoms with Gasteiger partial charge in [-0.05, 0) is 0 Å². The highest BCUT2D eigenvalue weighted by molar-refractivity contribution is 5.80. The topological polar surface area (TPSA) is 50.4 Å². The number of amides is 1. The van der Waals surface area contributed by atoms with E-state index in [4.69, 9.17) is 0 Å². The molecule has 1 heterocycles. The highest BCUT2D eigenvalue weighted by Crippen LogP contribution is 2.12. The van der Waals surface area contributed by atoms with E-state index in [1.807, 2.05) is 5.48 Å². The monoisotopic (exact) mass is 162 g/mol. The third-order valence-corrected chi connectivity index (χ3v) is 1.68. The van der Waals surface area contributed by atoms with Crippen LogP contribution < -0.4 is 10.8 Å². The number of hydroxylamine groups is 1. The molecule has 1 rings (SSSR count). The van der Waals surface area contributed by atoms with Crippen LogP contribution in [-0.4, -0.2) is 32.3 Å². The van der Waals surface area contributed by atoms with Crippen LogP contribution in [0.5, 0.6) is 0 Å². The van der Waals surface area contributed by atoms with Gasteiger partial charge < -0.3 is 5.32 Å². The maximum absolute atomic E-state index is 12.9. The number of alkyl halides is 1. The van der Waals surface area contributed by atoms with Crippen LogP contribution in [0.3, 0.4) is 0 Å². The molecular weight excluding hydrogens is 151 g/mol. The number of nitrogens with one attached hydrogen (secondary N) is 2. The minimum Gasteiger partial charge on any atom is -0.316 e. The van der Waals surface area contributed by atoms with Crippen LogP contribution in [0.2, 0.25) is 0 Å². The Kier molecular flexibility index (Phi) is 2.78. The molecule has 1 aliphatic heterocycles. The van der Waals surface area contributed by atoms with Gasteiger partial charge in [0, 0.05) is 19.0 Å². The fourth-order valence-corrected chi connectivity index (χ4v) is 0.889. The molecule has 1 amide bonds. The summed E-state index contributed by atoms with van der Waals surface area (Å²) in [6.45, 7) is 1.14. The second-order valence-corrected chi connectivity index (χ2v) is 2.49. The van der Waals surface area contributed by atoms with Gasteiger partial charge in [-0.3, -0.25) is 9.63 Å². The third-order valence-electron chi connectivity index (χ3n) is 1.68. The molecule has 1 fully saturated rings. The fourth-order valence-electron chi connectivity index (χ4n) is 0.889. The van der Waals surface area contributed by atoms with Gasteiger partial charge in [-0.2, -0.15) is 0 Å². The van der Waals surface area contributed by atoms with Crippen molar-refractivity contribution in [3.05, 3.63) is 0 Å². The lowest BCUT2D eigenvalue weighted by Crippen LogP contribution is -2.51. The molecule has 0 saturated carbocycles. The second kappa shape index (κ2) is 3.64. The molecule has 0 bridgehead atoms. The molecule has 0 aromatic carbocycles. The third kappa shape index (κ3) is 1.87. The Bertz CT molecular complexity index is 150. The van der Waals surface area contributed by atoms with E-state index in [9.17, 15) is 9.18 Å². The SMILES string of the molecule is CONC(=O)C(F)C1CNC1. The number of carbonyl (C=O) groups excluding carboxylic acids is 1. The molecule has 1 saturated heterocycles. The molecule has 0 radical (unpaired) electrons. The zero-order valence-electron chi connectivity index (χ0n) is 6.26. The summed E-state index contributed by atoms with van der Waals surface area (Å²) in [5.74, 6) is -0.885. The smallest absolute Gasteiger partial charge is 0.278 e. The lowest BCUT2D eigenvalue weighted by molar-refractivity contribution is -0.139. The summed E-state index contributed by atoms with van der Waals surface area (Å²) in [5, 5.41) is 2.88. The maximum Gasteiger partial charge on any atom is 0.278 e. The molecular formula is C6H11FN2O2. The largest absolute Gasteiger partial charge is 0.316 e. The van der Waals surface area contributed by atoms with Crippen molar-refractivity contribution in [1.82, 2.24) is 10.8 Å². The normalized spacial score (nSPS) is 20.5. The van der Waals surface area contributed by atoms with Gasteiger partial charge in [0.05, 0.1) is 7.11 Å². The Morgan fingerprint density at radius 3 is 2.82 bits per heavy atom. The van der Waals surface area contributed by atoms with Gasteiger partial charge in [0.15, 0.2) is 6.17 Å². The van der Waals surface area contributed by atoms with Gasteiger partial charge in [-0.25, -0.2) is 9.87 Å². The first kappa shape index (κ1) is 8.42. The maximum atomic E-state index is 12.9. The van der Waals surface area contributed by atoms with Gasteiger partial charge in [-0.15, -0.1) is 0 Å². The van der Waals surface area contributed by atoms with E-state index in [1.165, 1.54) is 7.11 Å². The van der Waals surface area contributed by atoms with Gasteiger partial charge in [-0.1, -0.05) is 0 Å². The Morgan fingerprint density at radius 1 is 1.82 bits per heavy atom. The van der Waals surface area contributed by atoms with Crippen LogP contribution in [0, 0.1) is 5.92 Å². The van der Waals surface area contributed by atoms with Crippen molar-refractivity contribution >= 4 is 5.91 Å². The Hall–Kier alpha value is -0.680. The molecule has 5 heteroatoms. The van der Waals surface area contributed by atoms with Crippen LogP contribution in [-0.2, 0) is 9.63 Å². The van der Waals surface area contributed by atoms with Crippen LogP contribution in [0.15, 0.2) is 0 Å². The summed E-state index contributed by atoms with van der Waals surface area (Å²) in [4.78, 5) is 15.0. The molecule has 2 N–H and O–H groups in total. The second-order valence-electron chi connectivity index (χ2n) is 2.49. The molecule has 1 atom stereocenters. The highest BCUT2D eigenvalue weighted by atomic mass is 19.1. The Balaban J connectivity index is 2.27. The van der Waals surface area contributed by atoms with Crippen LogP contribution >= 0.6 is 0 Å². The summed E-state index contributed by atoms with van der Waals surface area (Å²) < 4.78 is 12.9. The molecule has 0 aliphatic carbocycles. The van der Waals surface area contributed by atoms with Crippen molar-refractivity contribution in [3.63, 3.8) is 0 Å². The predicted molar refractivity (Wildman–Crippen MR) is 36.4 cm³/mol. The summed E-state index contributed by atoms with van der Waals surface area (Å²) in [7, 11) is 1.28. The Morgan fingerprint density at radius 2 is 2.45 bits per heavy atom. The molecule has 64 valence electrons. The summed E-state index contributed by atoms with van der Waals surface area (Å²) in [5.41, 5.74) is 1.95. The summed E-state index contributed by atoms with van der Waals surface area (Å²) in [6.07, 6.45) is -1.45. The molecule has 11 heavy (non-hydrogen) atoms. The van der Waals surface area contributed by atoms with Crippen molar-refractivity contribution in [2.24, 2.45) is 5.92 Å². The van der Waals surface area contributed by atoms with Crippen molar-refractivity contribution < 1.29 is 14.0 Å². The average Bonchev–Trinajstić information content (AvgIpc) is 1.84. The van der Waals surface area contributed by atoms with Crippen molar-refractivity contribution in [3.8, 4) is 0 Å². The van der Waals surface area contributed by atoms with E-state index in [0.717, 1.165) is 0 Å². The summed E-state index contributed by atoms with van der Waals surface area (Å²) >= 11 is 0. The number of rotatable bonds is 3. The lowest BCUT2D eigenvalue weighted by Gasteiger charge is -2.28. The van der Waals surface area contributed by atoms with Gasteiger partial charge in [0.2, 0.25) is 0 Å². The number of hydrogen-bond donors (Lipinski definition) is 2. The number of hydrogen-bond acceptors (Lipinski definition) is 3. The Labute approximate surface area is 64.1 Å². The fraction of sp³-hybridized carbons (Fsp3) is 0.833. The summed E-state index contributed by atoms with van der Waals surface area (Å²) in [6, 6.07) is 0. The van der Waals surface area contributed by atoms with E-state index in [0.29, 0.717) is 13.1 Å². The van der Waals surface area contributed by atoms with Crippen LogP contribution in [0.1, 0.15) is 0 Å². The van der Waals surface area contributed by atoms with Gasteiger partial charge in [0.1, 0.15) is 0 Å². The van der Waals surface area contributed by atoms with Crippen LogP contribution in [0.25, 0.3) is 0 Å². The molecule has 0 spiro atoms. The molecule has 4 nitrogen and oxygen atoms in total. The molecule has 0 aromatic heterocycles. The van der Waals surface area contributed by atoms with Crippen molar-refractivity contribution in [2.45, 2.75) is 6.17 Å². The molecule has 1 aliphatic rings. The average molecular weight is 162 g/mol. The van der Waals surface area contributed by atoms with Crippen molar-refractivity contribution in [1.29, 1.82) is 0 Å². The van der Waals surface area contributed by atoms with E-state index in [1.54, 1.807) is 0 Å². The van der Waals surface area contributed by atoms with Gasteiger partial charge in [0.25, 0.3) is 5.91 Å². The molecule has 0 aromatic rings. The quantitative estimate of drug-likeness (QED) is 0.535. The predicted octanol–water partition coefficient (Wildman–Crippen LogP) is -0.778. The first-order chi connectivity index (χ1) is 5.25. The van der Waals surface area contributed by atoms with E-state index in [-0.39, 0.29) is 5.92 Å². The first-order valence-electron chi connectivity index (χ1n) is 3.43. The van der Waals surface area contributed by atoms with E-state index < -0.39 is 12.1 Å². The molecule has 1 unspecified atom stereocenters.